The third-order valence-electron chi connectivity index (χ3n) is 3.65. The van der Waals surface area contributed by atoms with E-state index in [0.717, 1.165) is 33.8 Å². The molecule has 0 fully saturated rings. The first-order valence-corrected chi connectivity index (χ1v) is 8.10. The fraction of sp³-hybridized carbons (Fsp3) is 0.375. The molecule has 0 aliphatic carbocycles. The van der Waals surface area contributed by atoms with Crippen molar-refractivity contribution in [3.63, 3.8) is 0 Å². The molecule has 0 saturated carbocycles. The first-order chi connectivity index (χ1) is 10.2. The molecule has 0 unspecified atom stereocenters. The van der Waals surface area contributed by atoms with E-state index in [1.807, 2.05) is 30.0 Å². The fourth-order valence-corrected chi connectivity index (χ4v) is 3.53. The van der Waals surface area contributed by atoms with Crippen molar-refractivity contribution in [2.75, 3.05) is 11.9 Å². The minimum Gasteiger partial charge on any atom is -0.314 e. The number of carbonyl (C=O) groups is 1. The summed E-state index contributed by atoms with van der Waals surface area (Å²) in [6.07, 6.45) is 6.27. The van der Waals surface area contributed by atoms with E-state index in [4.69, 9.17) is 0 Å². The second kappa shape index (κ2) is 5.85. The molecular formula is C16H19N3OS. The normalized spacial score (nSPS) is 17.6. The first-order valence-electron chi connectivity index (χ1n) is 7.29. The lowest BCUT2D eigenvalue weighted by Crippen LogP contribution is -2.39. The zero-order valence-electron chi connectivity index (χ0n) is 12.3. The van der Waals surface area contributed by atoms with E-state index in [-0.39, 0.29) is 12.1 Å². The number of aromatic nitrogens is 1. The highest BCUT2D eigenvalue weighted by Gasteiger charge is 2.23. The number of nitrogens with zero attached hydrogens (tertiary/aromatic N) is 2. The van der Waals surface area contributed by atoms with Crippen molar-refractivity contribution in [2.24, 2.45) is 0 Å². The molecule has 2 aromatic rings. The first kappa shape index (κ1) is 14.1. The Morgan fingerprint density at radius 1 is 1.52 bits per heavy atom. The molecule has 0 radical (unpaired) electrons. The van der Waals surface area contributed by atoms with Crippen LogP contribution in [-0.4, -0.2) is 28.5 Å². The highest BCUT2D eigenvalue weighted by atomic mass is 32.1. The molecule has 1 atom stereocenters. The average molecular weight is 301 g/mol. The van der Waals surface area contributed by atoms with Crippen molar-refractivity contribution >= 4 is 33.3 Å². The van der Waals surface area contributed by atoms with Gasteiger partial charge in [0.15, 0.2) is 0 Å². The molecular weight excluding hydrogens is 282 g/mol. The van der Waals surface area contributed by atoms with Gasteiger partial charge in [-0.05, 0) is 31.5 Å². The highest BCUT2D eigenvalue weighted by Crippen LogP contribution is 2.25. The Hall–Kier alpha value is -1.88. The van der Waals surface area contributed by atoms with Crippen molar-refractivity contribution in [3.05, 3.63) is 35.4 Å². The van der Waals surface area contributed by atoms with Gasteiger partial charge in [-0.1, -0.05) is 25.5 Å². The zero-order valence-corrected chi connectivity index (χ0v) is 13.1. The molecule has 21 heavy (non-hydrogen) atoms. The Labute approximate surface area is 128 Å². The van der Waals surface area contributed by atoms with Gasteiger partial charge in [-0.3, -0.25) is 0 Å². The van der Waals surface area contributed by atoms with E-state index < -0.39 is 0 Å². The van der Waals surface area contributed by atoms with Gasteiger partial charge in [0.2, 0.25) is 0 Å². The zero-order chi connectivity index (χ0) is 14.8. The molecule has 0 saturated heterocycles. The van der Waals surface area contributed by atoms with Gasteiger partial charge in [0.05, 0.1) is 21.3 Å². The van der Waals surface area contributed by atoms with Crippen LogP contribution in [0.15, 0.2) is 30.4 Å². The number of benzene rings is 1. The van der Waals surface area contributed by atoms with Crippen LogP contribution in [0.1, 0.15) is 24.8 Å². The number of urea groups is 1. The Balaban J connectivity index is 1.73. The summed E-state index contributed by atoms with van der Waals surface area (Å²) >= 11 is 1.65. The molecule has 1 N–H and O–H groups in total. The smallest absolute Gasteiger partial charge is 0.314 e. The monoisotopic (exact) mass is 301 g/mol. The van der Waals surface area contributed by atoms with E-state index in [9.17, 15) is 4.79 Å². The van der Waals surface area contributed by atoms with E-state index in [0.29, 0.717) is 6.54 Å². The fourth-order valence-electron chi connectivity index (χ4n) is 2.66. The van der Waals surface area contributed by atoms with Crippen LogP contribution in [0.3, 0.4) is 0 Å². The van der Waals surface area contributed by atoms with Gasteiger partial charge in [0, 0.05) is 12.2 Å². The van der Waals surface area contributed by atoms with Gasteiger partial charge in [-0.15, -0.1) is 11.3 Å². The Kier molecular flexibility index (Phi) is 3.92. The van der Waals surface area contributed by atoms with Crippen LogP contribution in [0.5, 0.6) is 0 Å². The van der Waals surface area contributed by atoms with Crippen LogP contribution in [0.2, 0.25) is 0 Å². The van der Waals surface area contributed by atoms with E-state index in [1.54, 1.807) is 11.3 Å². The number of aryl methyl sites for hydroxylation is 1. The standard InChI is InChI=1S/C16H19N3OS/c1-3-5-13-6-4-9-19(13)16(20)18-12-7-8-14-15(10-12)21-11(2)17-14/h4,6-8,10,13H,3,5,9H2,1-2H3,(H,18,20)/t13-/m0/s1. The van der Waals surface area contributed by atoms with Crippen molar-refractivity contribution in [2.45, 2.75) is 32.7 Å². The SMILES string of the molecule is CCC[C@H]1C=CCN1C(=O)Nc1ccc2nc(C)sc2c1. The maximum atomic E-state index is 12.4. The van der Waals surface area contributed by atoms with Gasteiger partial charge in [-0.25, -0.2) is 9.78 Å². The second-order valence-corrected chi connectivity index (χ2v) is 6.52. The summed E-state index contributed by atoms with van der Waals surface area (Å²) < 4.78 is 1.11. The van der Waals surface area contributed by atoms with Gasteiger partial charge in [-0.2, -0.15) is 0 Å². The summed E-state index contributed by atoms with van der Waals surface area (Å²) in [5.74, 6) is 0. The second-order valence-electron chi connectivity index (χ2n) is 5.28. The van der Waals surface area contributed by atoms with Gasteiger partial charge >= 0.3 is 6.03 Å². The maximum absolute atomic E-state index is 12.4. The van der Waals surface area contributed by atoms with Crippen LogP contribution in [0.4, 0.5) is 10.5 Å². The van der Waals surface area contributed by atoms with Gasteiger partial charge in [0.25, 0.3) is 0 Å². The average Bonchev–Trinajstić information content (AvgIpc) is 3.04. The summed E-state index contributed by atoms with van der Waals surface area (Å²) in [7, 11) is 0. The third-order valence-corrected chi connectivity index (χ3v) is 4.59. The number of amides is 2. The predicted octanol–water partition coefficient (Wildman–Crippen LogP) is 4.18. The number of hydrogen-bond acceptors (Lipinski definition) is 3. The van der Waals surface area contributed by atoms with Crippen LogP contribution in [0.25, 0.3) is 10.2 Å². The lowest BCUT2D eigenvalue weighted by atomic mass is 10.2. The van der Waals surface area contributed by atoms with Crippen molar-refractivity contribution in [1.82, 2.24) is 9.88 Å². The number of hydrogen-bond donors (Lipinski definition) is 1. The Morgan fingerprint density at radius 2 is 2.38 bits per heavy atom. The van der Waals surface area contributed by atoms with Crippen LogP contribution in [-0.2, 0) is 0 Å². The number of carbonyl (C=O) groups excluding carboxylic acids is 1. The molecule has 2 amide bonds. The molecule has 110 valence electrons. The summed E-state index contributed by atoms with van der Waals surface area (Å²) in [6.45, 7) is 4.83. The number of fused-ring (bicyclic) bond motifs is 1. The highest BCUT2D eigenvalue weighted by molar-refractivity contribution is 7.18. The molecule has 3 rings (SSSR count). The minimum atomic E-state index is -0.0287. The Bertz CT molecular complexity index is 692. The van der Waals surface area contributed by atoms with Crippen LogP contribution in [0, 0.1) is 6.92 Å². The van der Waals surface area contributed by atoms with Gasteiger partial charge < -0.3 is 10.2 Å². The maximum Gasteiger partial charge on any atom is 0.322 e. The number of rotatable bonds is 3. The largest absolute Gasteiger partial charge is 0.322 e. The van der Waals surface area contributed by atoms with Crippen LogP contribution < -0.4 is 5.32 Å². The summed E-state index contributed by atoms with van der Waals surface area (Å²) in [6, 6.07) is 6.07. The minimum absolute atomic E-state index is 0.0287. The van der Waals surface area contributed by atoms with Crippen molar-refractivity contribution in [3.8, 4) is 0 Å². The molecule has 0 spiro atoms. The predicted molar refractivity (Wildman–Crippen MR) is 87.9 cm³/mol. The molecule has 1 aliphatic heterocycles. The molecule has 1 aromatic heterocycles. The Morgan fingerprint density at radius 3 is 3.19 bits per heavy atom. The van der Waals surface area contributed by atoms with E-state index in [1.165, 1.54) is 0 Å². The van der Waals surface area contributed by atoms with Crippen molar-refractivity contribution in [1.29, 1.82) is 0 Å². The quantitative estimate of drug-likeness (QED) is 0.864. The summed E-state index contributed by atoms with van der Waals surface area (Å²) in [5.41, 5.74) is 1.82. The van der Waals surface area contributed by atoms with Crippen LogP contribution >= 0.6 is 11.3 Å². The summed E-state index contributed by atoms with van der Waals surface area (Å²) in [4.78, 5) is 18.7. The number of nitrogens with one attached hydrogen (secondary N) is 1. The summed E-state index contributed by atoms with van der Waals surface area (Å²) in [5, 5.41) is 4.04. The number of anilines is 1. The van der Waals surface area contributed by atoms with E-state index >= 15 is 0 Å². The topological polar surface area (TPSA) is 45.2 Å². The molecule has 2 heterocycles. The third kappa shape index (κ3) is 2.93. The molecule has 1 aliphatic rings. The molecule has 4 nitrogen and oxygen atoms in total. The van der Waals surface area contributed by atoms with Gasteiger partial charge in [0.1, 0.15) is 0 Å². The lowest BCUT2D eigenvalue weighted by molar-refractivity contribution is 0.208. The molecule has 5 heteroatoms. The van der Waals surface area contributed by atoms with E-state index in [2.05, 4.69) is 29.4 Å². The molecule has 0 bridgehead atoms. The lowest BCUT2D eigenvalue weighted by Gasteiger charge is -2.24. The van der Waals surface area contributed by atoms with Crippen molar-refractivity contribution < 1.29 is 4.79 Å². The molecule has 1 aromatic carbocycles. The number of thiazole rings is 1.